The number of ether oxygens (including phenoxy) is 1. The number of pyridine rings is 1. The Labute approximate surface area is 271 Å². The topological polar surface area (TPSA) is 79.2 Å². The van der Waals surface area contributed by atoms with Crippen molar-refractivity contribution in [1.29, 1.82) is 0 Å². The third-order valence-electron chi connectivity index (χ3n) is 9.43. The molecule has 8 nitrogen and oxygen atoms in total. The van der Waals surface area contributed by atoms with Crippen molar-refractivity contribution in [3.63, 3.8) is 0 Å². The second-order valence-electron chi connectivity index (χ2n) is 14.4. The van der Waals surface area contributed by atoms with Crippen LogP contribution < -0.4 is 5.32 Å². The number of imidazole rings is 1. The molecule has 0 radical (unpaired) electrons. The number of nitrogens with zero attached hydrogens (tertiary/aromatic N) is 4. The summed E-state index contributed by atoms with van der Waals surface area (Å²) in [5.41, 5.74) is 1.90. The second kappa shape index (κ2) is 13.3. The first-order valence-corrected chi connectivity index (χ1v) is 16.7. The van der Waals surface area contributed by atoms with Crippen LogP contribution in [0.4, 0.5) is 13.6 Å². The zero-order chi connectivity index (χ0) is 33.4. The van der Waals surface area contributed by atoms with Crippen LogP contribution in [0.1, 0.15) is 101 Å². The van der Waals surface area contributed by atoms with Crippen LogP contribution in [-0.2, 0) is 4.74 Å². The number of carbonyl (C=O) groups is 2. The molecule has 0 bridgehead atoms. The van der Waals surface area contributed by atoms with Gasteiger partial charge in [0.1, 0.15) is 22.9 Å². The molecule has 1 aromatic carbocycles. The van der Waals surface area contributed by atoms with Gasteiger partial charge >= 0.3 is 6.09 Å². The van der Waals surface area contributed by atoms with Crippen molar-refractivity contribution in [1.82, 2.24) is 24.5 Å². The van der Waals surface area contributed by atoms with Gasteiger partial charge in [-0.05, 0) is 122 Å². The van der Waals surface area contributed by atoms with Crippen molar-refractivity contribution in [2.24, 2.45) is 0 Å². The van der Waals surface area contributed by atoms with E-state index in [-0.39, 0.29) is 23.9 Å². The summed E-state index contributed by atoms with van der Waals surface area (Å²) in [4.78, 5) is 34.4. The normalized spacial score (nSPS) is 22.4. The van der Waals surface area contributed by atoms with Crippen LogP contribution in [0.15, 0.2) is 36.7 Å². The average Bonchev–Trinajstić information content (AvgIpc) is 3.59. The van der Waals surface area contributed by atoms with Crippen molar-refractivity contribution in [3.05, 3.63) is 59.4 Å². The summed E-state index contributed by atoms with van der Waals surface area (Å²) in [7, 11) is 0. The van der Waals surface area contributed by atoms with Gasteiger partial charge in [0.25, 0.3) is 5.91 Å². The molecule has 2 fully saturated rings. The highest BCUT2D eigenvalue weighted by Crippen LogP contribution is 2.38. The second-order valence-corrected chi connectivity index (χ2v) is 14.4. The summed E-state index contributed by atoms with van der Waals surface area (Å²) in [6.45, 7) is 15.6. The molecule has 1 unspecified atom stereocenters. The molecule has 0 spiro atoms. The monoisotopic (exact) mass is 637 g/mol. The first-order chi connectivity index (χ1) is 21.7. The van der Waals surface area contributed by atoms with E-state index in [1.807, 2.05) is 52.9 Å². The number of rotatable bonds is 8. The molecule has 3 aromatic rings. The average molecular weight is 638 g/mol. The molecular weight excluding hydrogens is 588 g/mol. The molecule has 10 heteroatoms. The van der Waals surface area contributed by atoms with E-state index in [0.29, 0.717) is 49.9 Å². The number of aromatic nitrogens is 2. The Morgan fingerprint density at radius 2 is 1.87 bits per heavy atom. The lowest BCUT2D eigenvalue weighted by Gasteiger charge is -2.37. The maximum atomic E-state index is 16.1. The molecule has 250 valence electrons. The fourth-order valence-electron chi connectivity index (χ4n) is 7.07. The Morgan fingerprint density at radius 1 is 1.15 bits per heavy atom. The first kappa shape index (κ1) is 33.8. The predicted octanol–water partition coefficient (Wildman–Crippen LogP) is 7.28. The van der Waals surface area contributed by atoms with Gasteiger partial charge < -0.3 is 19.4 Å². The molecule has 1 N–H and O–H groups in total. The van der Waals surface area contributed by atoms with Crippen LogP contribution in [0.2, 0.25) is 0 Å². The molecule has 1 saturated heterocycles. The molecular formula is C36H49F2N5O3. The van der Waals surface area contributed by atoms with E-state index in [9.17, 15) is 14.0 Å². The molecule has 5 rings (SSSR count). The van der Waals surface area contributed by atoms with Crippen molar-refractivity contribution < 1.29 is 23.1 Å². The molecule has 1 saturated carbocycles. The minimum atomic E-state index is -1.30. The van der Waals surface area contributed by atoms with Gasteiger partial charge in [-0.15, -0.1) is 0 Å². The number of alkyl carbamates (subject to hydrolysis) is 1. The van der Waals surface area contributed by atoms with E-state index in [4.69, 9.17) is 4.74 Å². The lowest BCUT2D eigenvalue weighted by Crippen LogP contribution is -2.47. The lowest BCUT2D eigenvalue weighted by atomic mass is 9.83. The maximum absolute atomic E-state index is 16.1. The summed E-state index contributed by atoms with van der Waals surface area (Å²) in [5, 5.41) is 2.91. The number of likely N-dealkylation sites (tertiary alicyclic amines) is 1. The van der Waals surface area contributed by atoms with Gasteiger partial charge in [0, 0.05) is 43.5 Å². The van der Waals surface area contributed by atoms with E-state index in [0.717, 1.165) is 42.0 Å². The molecule has 1 aliphatic heterocycles. The van der Waals surface area contributed by atoms with Crippen LogP contribution >= 0.6 is 0 Å². The van der Waals surface area contributed by atoms with E-state index in [1.165, 1.54) is 12.1 Å². The Kier molecular flexibility index (Phi) is 9.78. The minimum absolute atomic E-state index is 0.0308. The summed E-state index contributed by atoms with van der Waals surface area (Å²) >= 11 is 0. The fraction of sp³-hybridized carbons (Fsp3) is 0.583. The number of halogens is 2. The number of carbonyl (C=O) groups excluding carboxylic acids is 2. The molecule has 1 aliphatic carbocycles. The number of amides is 2. The summed E-state index contributed by atoms with van der Waals surface area (Å²) < 4.78 is 38.1. The van der Waals surface area contributed by atoms with E-state index in [1.54, 1.807) is 17.2 Å². The Morgan fingerprint density at radius 3 is 2.52 bits per heavy atom. The quantitative estimate of drug-likeness (QED) is 0.281. The molecule has 46 heavy (non-hydrogen) atoms. The van der Waals surface area contributed by atoms with Crippen LogP contribution in [0.3, 0.4) is 0 Å². The van der Waals surface area contributed by atoms with Crippen LogP contribution in [0.5, 0.6) is 0 Å². The Balaban J connectivity index is 1.34. The standard InChI is InChI=1S/C36H49F2N5O3/c1-8-42(23(2)3)33(44)31-18-27(37)9-10-29(31)30-17-26(21-43-24(4)39-19-32(30)43)25-13-16-41(20-25)22-36(38)14-11-28(12-15-36)40-34(45)46-35(5,6)7/h9-10,17-19,21,23,25,28H,8,11-16,20,22H2,1-7H3,(H,40,45). The van der Waals surface area contributed by atoms with Gasteiger partial charge in [-0.1, -0.05) is 6.07 Å². The van der Waals surface area contributed by atoms with E-state index >= 15 is 4.39 Å². The number of aryl methyl sites for hydroxylation is 1. The molecule has 2 aliphatic rings. The number of benzene rings is 1. The summed E-state index contributed by atoms with van der Waals surface area (Å²) in [5.74, 6) is 0.328. The minimum Gasteiger partial charge on any atom is -0.444 e. The van der Waals surface area contributed by atoms with Crippen molar-refractivity contribution >= 4 is 17.5 Å². The third-order valence-corrected chi connectivity index (χ3v) is 9.43. The number of fused-ring (bicyclic) bond motifs is 1. The van der Waals surface area contributed by atoms with Gasteiger partial charge in [-0.3, -0.25) is 9.69 Å². The Bertz CT molecular complexity index is 1570. The van der Waals surface area contributed by atoms with Gasteiger partial charge in [0.05, 0.1) is 17.3 Å². The van der Waals surface area contributed by atoms with Crippen LogP contribution in [0, 0.1) is 12.7 Å². The highest BCUT2D eigenvalue weighted by atomic mass is 19.1. The number of nitrogens with one attached hydrogen (secondary N) is 1. The van der Waals surface area contributed by atoms with Crippen molar-refractivity contribution in [3.8, 4) is 11.1 Å². The van der Waals surface area contributed by atoms with Crippen molar-refractivity contribution in [2.75, 3.05) is 26.2 Å². The summed E-state index contributed by atoms with van der Waals surface area (Å²) in [6.07, 6.45) is 6.28. The fourth-order valence-corrected chi connectivity index (χ4v) is 7.07. The predicted molar refractivity (Wildman–Crippen MR) is 176 cm³/mol. The lowest BCUT2D eigenvalue weighted by molar-refractivity contribution is 0.0358. The van der Waals surface area contributed by atoms with Crippen molar-refractivity contribution in [2.45, 2.75) is 110 Å². The van der Waals surface area contributed by atoms with Gasteiger partial charge in [-0.2, -0.15) is 0 Å². The summed E-state index contributed by atoms with van der Waals surface area (Å²) in [6, 6.07) is 6.43. The molecule has 2 amide bonds. The molecule has 1 atom stereocenters. The highest BCUT2D eigenvalue weighted by Gasteiger charge is 2.39. The largest absolute Gasteiger partial charge is 0.444 e. The smallest absolute Gasteiger partial charge is 0.407 e. The number of hydrogen-bond donors (Lipinski definition) is 1. The molecule has 3 heterocycles. The molecule has 2 aromatic heterocycles. The van der Waals surface area contributed by atoms with E-state index < -0.39 is 23.2 Å². The third kappa shape index (κ3) is 7.54. The van der Waals surface area contributed by atoms with Crippen LogP contribution in [-0.4, -0.2) is 80.7 Å². The SMILES string of the molecule is CCN(C(=O)c1cc(F)ccc1-c1cc(C2CCN(CC3(F)CCC(NC(=O)OC(C)(C)C)CC3)C2)cn2c(C)ncc12)C(C)C. The van der Waals surface area contributed by atoms with Gasteiger partial charge in [-0.25, -0.2) is 18.6 Å². The number of hydrogen-bond acceptors (Lipinski definition) is 5. The van der Waals surface area contributed by atoms with E-state index in [2.05, 4.69) is 27.5 Å². The number of alkyl halides is 1. The maximum Gasteiger partial charge on any atom is 0.407 e. The zero-order valence-electron chi connectivity index (χ0n) is 28.3. The first-order valence-electron chi connectivity index (χ1n) is 16.7. The Hall–Kier alpha value is -3.53. The van der Waals surface area contributed by atoms with Gasteiger partial charge in [0.15, 0.2) is 0 Å². The zero-order valence-corrected chi connectivity index (χ0v) is 28.3. The van der Waals surface area contributed by atoms with Gasteiger partial charge in [0.2, 0.25) is 0 Å². The highest BCUT2D eigenvalue weighted by molar-refractivity contribution is 6.03. The van der Waals surface area contributed by atoms with Crippen LogP contribution in [0.25, 0.3) is 16.6 Å².